The number of anilines is 1. The maximum absolute atomic E-state index is 13.1. The number of imidazole rings is 1. The lowest BCUT2D eigenvalue weighted by Crippen LogP contribution is -2.11. The standard InChI is InChI=1S/C19H17F2N5OS/c1-9-6-10(2)12-8-14(24-13(12)7-9)17(27)25-19-23-11(3)15(28-19)16-22-4-5-26(16)18(20)21/h4-8,18,24H,1-3H3,(H,23,25,27). The first-order valence-corrected chi connectivity index (χ1v) is 9.35. The van der Waals surface area contributed by atoms with Crippen molar-refractivity contribution in [3.63, 3.8) is 0 Å². The SMILES string of the molecule is Cc1cc(C)c2cc(C(=O)Nc3nc(C)c(-c4nccn4C(F)F)s3)[nH]c2c1. The van der Waals surface area contributed by atoms with Crippen LogP contribution in [0.1, 0.15) is 33.9 Å². The van der Waals surface area contributed by atoms with Gasteiger partial charge < -0.3 is 4.98 Å². The van der Waals surface area contributed by atoms with Crippen LogP contribution >= 0.6 is 11.3 Å². The number of aromatic nitrogens is 4. The molecule has 28 heavy (non-hydrogen) atoms. The van der Waals surface area contributed by atoms with E-state index in [0.717, 1.165) is 37.9 Å². The van der Waals surface area contributed by atoms with Crippen molar-refractivity contribution in [2.75, 3.05) is 5.32 Å². The van der Waals surface area contributed by atoms with Gasteiger partial charge in [0.05, 0.1) is 10.6 Å². The average Bonchev–Trinajstić information content (AvgIpc) is 3.32. The van der Waals surface area contributed by atoms with Gasteiger partial charge in [0.15, 0.2) is 11.0 Å². The number of halogens is 2. The number of aryl methyl sites for hydroxylation is 3. The van der Waals surface area contributed by atoms with Gasteiger partial charge in [-0.15, -0.1) is 0 Å². The van der Waals surface area contributed by atoms with E-state index < -0.39 is 6.55 Å². The molecule has 1 aromatic carbocycles. The van der Waals surface area contributed by atoms with Crippen LogP contribution < -0.4 is 5.32 Å². The van der Waals surface area contributed by atoms with Gasteiger partial charge in [0.2, 0.25) is 0 Å². The maximum Gasteiger partial charge on any atom is 0.320 e. The van der Waals surface area contributed by atoms with Crippen molar-refractivity contribution in [3.8, 4) is 10.7 Å². The molecule has 0 atom stereocenters. The summed E-state index contributed by atoms with van der Waals surface area (Å²) in [6.07, 6.45) is 2.53. The number of nitrogens with zero attached hydrogens (tertiary/aromatic N) is 3. The molecule has 0 fully saturated rings. The van der Waals surface area contributed by atoms with Crippen molar-refractivity contribution in [3.05, 3.63) is 53.1 Å². The van der Waals surface area contributed by atoms with Crippen molar-refractivity contribution in [1.29, 1.82) is 0 Å². The lowest BCUT2D eigenvalue weighted by Gasteiger charge is -2.04. The Kier molecular flexibility index (Phi) is 4.46. The molecular formula is C19H17F2N5OS. The highest BCUT2D eigenvalue weighted by Crippen LogP contribution is 2.33. The molecule has 144 valence electrons. The van der Waals surface area contributed by atoms with Crippen molar-refractivity contribution in [2.45, 2.75) is 27.3 Å². The van der Waals surface area contributed by atoms with Gasteiger partial charge in [-0.2, -0.15) is 8.78 Å². The first kappa shape index (κ1) is 18.3. The second-order valence-electron chi connectivity index (χ2n) is 6.55. The third kappa shape index (κ3) is 3.18. The molecule has 0 aliphatic heterocycles. The molecule has 0 aliphatic carbocycles. The van der Waals surface area contributed by atoms with E-state index in [4.69, 9.17) is 0 Å². The van der Waals surface area contributed by atoms with Crippen LogP contribution in [0.25, 0.3) is 21.6 Å². The van der Waals surface area contributed by atoms with Gasteiger partial charge in [-0.3, -0.25) is 14.7 Å². The van der Waals surface area contributed by atoms with Crippen LogP contribution in [0.5, 0.6) is 0 Å². The van der Waals surface area contributed by atoms with E-state index in [2.05, 4.69) is 26.3 Å². The van der Waals surface area contributed by atoms with Crippen LogP contribution in [0.4, 0.5) is 13.9 Å². The quantitative estimate of drug-likeness (QED) is 0.502. The fourth-order valence-electron chi connectivity index (χ4n) is 3.19. The Bertz CT molecular complexity index is 1190. The summed E-state index contributed by atoms with van der Waals surface area (Å²) in [5.74, 6) is -0.215. The number of hydrogen-bond donors (Lipinski definition) is 2. The van der Waals surface area contributed by atoms with E-state index in [-0.39, 0.29) is 11.7 Å². The number of hydrogen-bond acceptors (Lipinski definition) is 4. The molecule has 0 aliphatic rings. The fraction of sp³-hybridized carbons (Fsp3) is 0.211. The van der Waals surface area contributed by atoms with Crippen LogP contribution in [0.2, 0.25) is 0 Å². The largest absolute Gasteiger partial charge is 0.351 e. The zero-order valence-corrected chi connectivity index (χ0v) is 16.2. The molecule has 9 heteroatoms. The predicted molar refractivity (Wildman–Crippen MR) is 105 cm³/mol. The van der Waals surface area contributed by atoms with Crippen molar-refractivity contribution in [1.82, 2.24) is 19.5 Å². The number of fused-ring (bicyclic) bond motifs is 1. The monoisotopic (exact) mass is 401 g/mol. The van der Waals surface area contributed by atoms with Gasteiger partial charge in [-0.25, -0.2) is 9.97 Å². The van der Waals surface area contributed by atoms with E-state index in [1.165, 1.54) is 12.4 Å². The fourth-order valence-corrected chi connectivity index (χ4v) is 4.15. The lowest BCUT2D eigenvalue weighted by atomic mass is 10.1. The minimum atomic E-state index is -2.70. The minimum Gasteiger partial charge on any atom is -0.351 e. The number of benzene rings is 1. The summed E-state index contributed by atoms with van der Waals surface area (Å²) in [6.45, 7) is 2.99. The van der Waals surface area contributed by atoms with Crippen LogP contribution in [0, 0.1) is 20.8 Å². The van der Waals surface area contributed by atoms with Crippen LogP contribution in [0.3, 0.4) is 0 Å². The second kappa shape index (κ2) is 6.83. The molecule has 0 saturated heterocycles. The van der Waals surface area contributed by atoms with Gasteiger partial charge >= 0.3 is 6.55 Å². The normalized spacial score (nSPS) is 11.5. The highest BCUT2D eigenvalue weighted by molar-refractivity contribution is 7.19. The number of nitrogens with one attached hydrogen (secondary N) is 2. The third-order valence-corrected chi connectivity index (χ3v) is 5.50. The number of thiazole rings is 1. The number of amides is 1. The molecule has 0 saturated carbocycles. The molecule has 2 N–H and O–H groups in total. The maximum atomic E-state index is 13.1. The van der Waals surface area contributed by atoms with Gasteiger partial charge in [0.25, 0.3) is 5.91 Å². The number of alkyl halides is 2. The van der Waals surface area contributed by atoms with Gasteiger partial charge in [0.1, 0.15) is 5.69 Å². The third-order valence-electron chi connectivity index (χ3n) is 4.43. The first-order chi connectivity index (χ1) is 13.3. The lowest BCUT2D eigenvalue weighted by molar-refractivity contribution is 0.0720. The molecule has 3 aromatic heterocycles. The van der Waals surface area contributed by atoms with E-state index >= 15 is 0 Å². The molecule has 1 amide bonds. The number of aromatic amines is 1. The number of carbonyl (C=O) groups is 1. The zero-order valence-electron chi connectivity index (χ0n) is 15.4. The van der Waals surface area contributed by atoms with Crippen LogP contribution in [-0.2, 0) is 0 Å². The van der Waals surface area contributed by atoms with Crippen LogP contribution in [-0.4, -0.2) is 25.4 Å². The highest BCUT2D eigenvalue weighted by Gasteiger charge is 2.20. The number of rotatable bonds is 4. The Hall–Kier alpha value is -3.07. The van der Waals surface area contributed by atoms with Crippen LogP contribution in [0.15, 0.2) is 30.6 Å². The molecule has 6 nitrogen and oxygen atoms in total. The Morgan fingerprint density at radius 3 is 2.79 bits per heavy atom. The molecule has 0 radical (unpaired) electrons. The molecule has 4 aromatic rings. The van der Waals surface area contributed by atoms with E-state index in [1.807, 2.05) is 19.9 Å². The molecular weight excluding hydrogens is 384 g/mol. The van der Waals surface area contributed by atoms with E-state index in [0.29, 0.717) is 21.4 Å². The Balaban J connectivity index is 1.62. The topological polar surface area (TPSA) is 75.6 Å². The summed E-state index contributed by atoms with van der Waals surface area (Å²) in [6, 6.07) is 5.83. The minimum absolute atomic E-state index is 0.127. The Morgan fingerprint density at radius 2 is 2.04 bits per heavy atom. The molecule has 0 bridgehead atoms. The predicted octanol–water partition coefficient (Wildman–Crippen LogP) is 5.06. The molecule has 4 rings (SSSR count). The summed E-state index contributed by atoms with van der Waals surface area (Å²) in [4.78, 5) is 24.5. The number of carbonyl (C=O) groups excluding carboxylic acids is 1. The molecule has 0 unspecified atom stereocenters. The molecule has 3 heterocycles. The molecule has 0 spiro atoms. The van der Waals surface area contributed by atoms with Gasteiger partial charge in [0, 0.05) is 23.3 Å². The summed E-state index contributed by atoms with van der Waals surface area (Å²) in [7, 11) is 0. The smallest absolute Gasteiger partial charge is 0.320 e. The Morgan fingerprint density at radius 1 is 1.25 bits per heavy atom. The summed E-state index contributed by atoms with van der Waals surface area (Å²) < 4.78 is 27.0. The first-order valence-electron chi connectivity index (χ1n) is 8.53. The van der Waals surface area contributed by atoms with Gasteiger partial charge in [-0.05, 0) is 44.0 Å². The van der Waals surface area contributed by atoms with E-state index in [1.54, 1.807) is 13.0 Å². The van der Waals surface area contributed by atoms with Gasteiger partial charge in [-0.1, -0.05) is 17.4 Å². The second-order valence-corrected chi connectivity index (χ2v) is 7.55. The number of H-pyrrole nitrogens is 1. The van der Waals surface area contributed by atoms with E-state index in [9.17, 15) is 13.6 Å². The Labute approximate surface area is 163 Å². The van der Waals surface area contributed by atoms with Crippen molar-refractivity contribution < 1.29 is 13.6 Å². The average molecular weight is 401 g/mol. The van der Waals surface area contributed by atoms with Crippen molar-refractivity contribution in [2.24, 2.45) is 0 Å². The summed E-state index contributed by atoms with van der Waals surface area (Å²) in [5.41, 5.74) is 4.01. The summed E-state index contributed by atoms with van der Waals surface area (Å²) >= 11 is 1.11. The summed E-state index contributed by atoms with van der Waals surface area (Å²) in [5, 5.41) is 4.04. The van der Waals surface area contributed by atoms with Crippen molar-refractivity contribution >= 4 is 33.3 Å². The highest BCUT2D eigenvalue weighted by atomic mass is 32.1. The zero-order chi connectivity index (χ0) is 20.0.